The van der Waals surface area contributed by atoms with E-state index in [0.717, 1.165) is 45.3 Å². The molecule has 1 aliphatic carbocycles. The van der Waals surface area contributed by atoms with Crippen LogP contribution in [-0.2, 0) is 4.79 Å². The molecule has 1 aromatic rings. The Bertz CT molecular complexity index is 512. The SMILES string of the molecule is CC1(C(=O)NCC2CCN(C(=O)c3ccoc3)CC2)CC1. The first-order valence-electron chi connectivity index (χ1n) is 7.68. The number of hydrogen-bond donors (Lipinski definition) is 1. The van der Waals surface area contributed by atoms with Crippen molar-refractivity contribution < 1.29 is 14.0 Å². The number of rotatable bonds is 4. The van der Waals surface area contributed by atoms with Gasteiger partial charge in [-0.3, -0.25) is 9.59 Å². The number of likely N-dealkylation sites (tertiary alicyclic amines) is 1. The summed E-state index contributed by atoms with van der Waals surface area (Å²) in [6, 6.07) is 1.70. The lowest BCUT2D eigenvalue weighted by Gasteiger charge is -2.32. The van der Waals surface area contributed by atoms with E-state index in [4.69, 9.17) is 4.42 Å². The summed E-state index contributed by atoms with van der Waals surface area (Å²) in [6.07, 6.45) is 6.92. The predicted molar refractivity (Wildman–Crippen MR) is 77.7 cm³/mol. The zero-order chi connectivity index (χ0) is 14.9. The van der Waals surface area contributed by atoms with E-state index in [2.05, 4.69) is 5.32 Å². The molecule has 2 amide bonds. The fourth-order valence-electron chi connectivity index (χ4n) is 2.77. The highest BCUT2D eigenvalue weighted by atomic mass is 16.3. The normalized spacial score (nSPS) is 21.1. The summed E-state index contributed by atoms with van der Waals surface area (Å²) in [5, 5.41) is 3.07. The lowest BCUT2D eigenvalue weighted by molar-refractivity contribution is -0.126. The number of carbonyl (C=O) groups is 2. The van der Waals surface area contributed by atoms with Gasteiger partial charge in [0.05, 0.1) is 11.8 Å². The minimum atomic E-state index is -0.0993. The quantitative estimate of drug-likeness (QED) is 0.923. The largest absolute Gasteiger partial charge is 0.472 e. The van der Waals surface area contributed by atoms with Crippen molar-refractivity contribution in [1.29, 1.82) is 0 Å². The van der Waals surface area contributed by atoms with Crippen LogP contribution in [0.25, 0.3) is 0 Å². The zero-order valence-electron chi connectivity index (χ0n) is 12.4. The van der Waals surface area contributed by atoms with Crippen LogP contribution < -0.4 is 5.32 Å². The average molecular weight is 290 g/mol. The number of piperidine rings is 1. The van der Waals surface area contributed by atoms with Crippen LogP contribution in [0.1, 0.15) is 43.0 Å². The maximum absolute atomic E-state index is 12.2. The number of carbonyl (C=O) groups excluding carboxylic acids is 2. The Morgan fingerprint density at radius 1 is 1.38 bits per heavy atom. The van der Waals surface area contributed by atoms with Gasteiger partial charge >= 0.3 is 0 Å². The van der Waals surface area contributed by atoms with E-state index >= 15 is 0 Å². The lowest BCUT2D eigenvalue weighted by atomic mass is 9.96. The fraction of sp³-hybridized carbons (Fsp3) is 0.625. The molecular weight excluding hydrogens is 268 g/mol. The Hall–Kier alpha value is -1.78. The van der Waals surface area contributed by atoms with Crippen LogP contribution in [0, 0.1) is 11.3 Å². The number of nitrogens with one attached hydrogen (secondary N) is 1. The average Bonchev–Trinajstić information content (AvgIpc) is 3.05. The highest BCUT2D eigenvalue weighted by molar-refractivity contribution is 5.93. The van der Waals surface area contributed by atoms with E-state index in [-0.39, 0.29) is 17.2 Å². The lowest BCUT2D eigenvalue weighted by Crippen LogP contribution is -2.42. The van der Waals surface area contributed by atoms with Crippen LogP contribution in [0.2, 0.25) is 0 Å². The van der Waals surface area contributed by atoms with Gasteiger partial charge < -0.3 is 14.6 Å². The van der Waals surface area contributed by atoms with Crippen molar-refractivity contribution in [3.8, 4) is 0 Å². The van der Waals surface area contributed by atoms with Gasteiger partial charge in [0.15, 0.2) is 0 Å². The minimum Gasteiger partial charge on any atom is -0.472 e. The minimum absolute atomic E-state index is 0.0386. The van der Waals surface area contributed by atoms with Gasteiger partial charge in [0, 0.05) is 25.0 Å². The van der Waals surface area contributed by atoms with E-state index in [9.17, 15) is 9.59 Å². The molecule has 2 heterocycles. The third-order valence-electron chi connectivity index (χ3n) is 4.77. The van der Waals surface area contributed by atoms with Gasteiger partial charge in [-0.2, -0.15) is 0 Å². The number of furan rings is 1. The van der Waals surface area contributed by atoms with Gasteiger partial charge in [-0.25, -0.2) is 0 Å². The molecule has 1 aromatic heterocycles. The van der Waals surface area contributed by atoms with Gasteiger partial charge in [0.25, 0.3) is 5.91 Å². The Kier molecular flexibility index (Phi) is 3.74. The summed E-state index contributed by atoms with van der Waals surface area (Å²) < 4.78 is 4.96. The van der Waals surface area contributed by atoms with Crippen molar-refractivity contribution in [2.45, 2.75) is 32.6 Å². The molecule has 1 saturated heterocycles. The predicted octanol–water partition coefficient (Wildman–Crippen LogP) is 2.05. The van der Waals surface area contributed by atoms with Crippen molar-refractivity contribution in [1.82, 2.24) is 10.2 Å². The second-order valence-corrected chi connectivity index (χ2v) is 6.52. The monoisotopic (exact) mass is 290 g/mol. The molecule has 0 unspecified atom stereocenters. The maximum Gasteiger partial charge on any atom is 0.257 e. The van der Waals surface area contributed by atoms with Crippen molar-refractivity contribution >= 4 is 11.8 Å². The second kappa shape index (κ2) is 5.54. The van der Waals surface area contributed by atoms with Crippen LogP contribution in [0.15, 0.2) is 23.0 Å². The summed E-state index contributed by atoms with van der Waals surface area (Å²) in [5.74, 6) is 0.709. The maximum atomic E-state index is 12.2. The number of amides is 2. The van der Waals surface area contributed by atoms with Gasteiger partial charge in [-0.15, -0.1) is 0 Å². The van der Waals surface area contributed by atoms with Crippen LogP contribution in [-0.4, -0.2) is 36.3 Å². The molecular formula is C16H22N2O3. The summed E-state index contributed by atoms with van der Waals surface area (Å²) in [5.41, 5.74) is 0.515. The molecule has 1 N–H and O–H groups in total. The molecule has 114 valence electrons. The van der Waals surface area contributed by atoms with Crippen LogP contribution >= 0.6 is 0 Å². The van der Waals surface area contributed by atoms with Crippen LogP contribution in [0.4, 0.5) is 0 Å². The number of hydrogen-bond acceptors (Lipinski definition) is 3. The molecule has 5 heteroatoms. The highest BCUT2D eigenvalue weighted by Crippen LogP contribution is 2.45. The first-order valence-corrected chi connectivity index (χ1v) is 7.68. The molecule has 1 aliphatic heterocycles. The topological polar surface area (TPSA) is 62.6 Å². The van der Waals surface area contributed by atoms with E-state index in [1.165, 1.54) is 12.5 Å². The third-order valence-corrected chi connectivity index (χ3v) is 4.77. The third kappa shape index (κ3) is 3.12. The molecule has 0 aromatic carbocycles. The van der Waals surface area contributed by atoms with Gasteiger partial charge in [0.2, 0.25) is 5.91 Å². The van der Waals surface area contributed by atoms with E-state index in [1.807, 2.05) is 11.8 Å². The molecule has 0 atom stereocenters. The fourth-order valence-corrected chi connectivity index (χ4v) is 2.77. The molecule has 2 aliphatic rings. The molecule has 0 bridgehead atoms. The van der Waals surface area contributed by atoms with Crippen molar-refractivity contribution in [2.24, 2.45) is 11.3 Å². The Labute approximate surface area is 124 Å². The molecule has 5 nitrogen and oxygen atoms in total. The van der Waals surface area contributed by atoms with Gasteiger partial charge in [-0.1, -0.05) is 6.92 Å². The molecule has 0 spiro atoms. The van der Waals surface area contributed by atoms with E-state index in [0.29, 0.717) is 11.5 Å². The second-order valence-electron chi connectivity index (χ2n) is 6.52. The molecule has 1 saturated carbocycles. The standard InChI is InChI=1S/C16H22N2O3/c1-16(5-6-16)15(20)17-10-12-2-7-18(8-3-12)14(19)13-4-9-21-11-13/h4,9,11-12H,2-3,5-8,10H2,1H3,(H,17,20). The molecule has 3 rings (SSSR count). The molecule has 21 heavy (non-hydrogen) atoms. The van der Waals surface area contributed by atoms with Crippen LogP contribution in [0.3, 0.4) is 0 Å². The van der Waals surface area contributed by atoms with Crippen molar-refractivity contribution in [3.63, 3.8) is 0 Å². The van der Waals surface area contributed by atoms with Gasteiger partial charge in [-0.05, 0) is 37.7 Å². The van der Waals surface area contributed by atoms with Crippen molar-refractivity contribution in [3.05, 3.63) is 24.2 Å². The summed E-state index contributed by atoms with van der Waals surface area (Å²) in [6.45, 7) is 4.26. The van der Waals surface area contributed by atoms with Gasteiger partial charge in [0.1, 0.15) is 6.26 Å². The van der Waals surface area contributed by atoms with E-state index < -0.39 is 0 Å². The first kappa shape index (κ1) is 14.2. The zero-order valence-corrected chi connectivity index (χ0v) is 12.4. The Balaban J connectivity index is 1.43. The first-order chi connectivity index (χ1) is 10.1. The Morgan fingerprint density at radius 2 is 2.10 bits per heavy atom. The highest BCUT2D eigenvalue weighted by Gasteiger charge is 2.44. The van der Waals surface area contributed by atoms with Crippen molar-refractivity contribution in [2.75, 3.05) is 19.6 Å². The molecule has 2 fully saturated rings. The Morgan fingerprint density at radius 3 is 2.67 bits per heavy atom. The summed E-state index contributed by atoms with van der Waals surface area (Å²) in [4.78, 5) is 25.9. The number of nitrogens with zero attached hydrogens (tertiary/aromatic N) is 1. The van der Waals surface area contributed by atoms with E-state index in [1.54, 1.807) is 6.07 Å². The summed E-state index contributed by atoms with van der Waals surface area (Å²) in [7, 11) is 0. The summed E-state index contributed by atoms with van der Waals surface area (Å²) >= 11 is 0. The smallest absolute Gasteiger partial charge is 0.257 e. The molecule has 0 radical (unpaired) electrons. The van der Waals surface area contributed by atoms with Crippen LogP contribution in [0.5, 0.6) is 0 Å².